The van der Waals surface area contributed by atoms with Gasteiger partial charge in [-0.2, -0.15) is 0 Å². The lowest BCUT2D eigenvalue weighted by Gasteiger charge is -2.12. The van der Waals surface area contributed by atoms with Gasteiger partial charge in [0.2, 0.25) is 0 Å². The molecule has 1 aromatic rings. The van der Waals surface area contributed by atoms with Gasteiger partial charge >= 0.3 is 17.9 Å². The summed E-state index contributed by atoms with van der Waals surface area (Å²) in [6.07, 6.45) is -4.68. The highest BCUT2D eigenvalue weighted by molar-refractivity contribution is 5.99. The van der Waals surface area contributed by atoms with Crippen LogP contribution in [0.3, 0.4) is 0 Å². The van der Waals surface area contributed by atoms with Crippen molar-refractivity contribution in [3.8, 4) is 0 Å². The molecular weight excluding hydrogens is 256 g/mol. The highest BCUT2D eigenvalue weighted by Gasteiger charge is 2.33. The van der Waals surface area contributed by atoms with Crippen LogP contribution in [0.4, 0.5) is 0 Å². The van der Waals surface area contributed by atoms with Gasteiger partial charge in [0, 0.05) is 0 Å². The van der Waals surface area contributed by atoms with Crippen LogP contribution in [0.2, 0.25) is 0 Å². The minimum Gasteiger partial charge on any atom is -0.479 e. The molecule has 0 aromatic heterocycles. The number of carboxylic acid groups (broad SMARTS) is 1. The summed E-state index contributed by atoms with van der Waals surface area (Å²) in [6, 6.07) is 6.25. The molecule has 0 aliphatic heterocycles. The maximum Gasteiger partial charge on any atom is 0.346 e. The molecular formula is C12H12O7. The van der Waals surface area contributed by atoms with Crippen LogP contribution in [0, 0.1) is 6.92 Å². The van der Waals surface area contributed by atoms with E-state index in [0.29, 0.717) is 5.56 Å². The highest BCUT2D eigenvalue weighted by atomic mass is 16.6. The number of carboxylic acids is 1. The second kappa shape index (κ2) is 6.07. The van der Waals surface area contributed by atoms with Gasteiger partial charge in [-0.25, -0.2) is 14.4 Å². The van der Waals surface area contributed by atoms with E-state index >= 15 is 0 Å². The van der Waals surface area contributed by atoms with Crippen molar-refractivity contribution < 1.29 is 34.4 Å². The van der Waals surface area contributed by atoms with Gasteiger partial charge in [-0.05, 0) is 18.6 Å². The number of carbonyl (C=O) groups is 3. The number of rotatable bonds is 4. The van der Waals surface area contributed by atoms with Crippen LogP contribution in [0.25, 0.3) is 0 Å². The van der Waals surface area contributed by atoms with E-state index in [0.717, 1.165) is 0 Å². The van der Waals surface area contributed by atoms with Crippen LogP contribution in [0.5, 0.6) is 0 Å². The number of ether oxygens (including phenoxy) is 1. The van der Waals surface area contributed by atoms with Crippen molar-refractivity contribution in [3.05, 3.63) is 35.4 Å². The normalized spacial score (nSPS) is 13.4. The molecule has 0 radical (unpaired) electrons. The van der Waals surface area contributed by atoms with Gasteiger partial charge in [-0.15, -0.1) is 0 Å². The van der Waals surface area contributed by atoms with Crippen molar-refractivity contribution in [3.63, 3.8) is 0 Å². The fourth-order valence-electron chi connectivity index (χ4n) is 1.27. The van der Waals surface area contributed by atoms with Crippen LogP contribution in [0.15, 0.2) is 24.3 Å². The third-order valence-corrected chi connectivity index (χ3v) is 2.35. The van der Waals surface area contributed by atoms with Crippen LogP contribution >= 0.6 is 0 Å². The zero-order valence-corrected chi connectivity index (χ0v) is 9.94. The number of aliphatic hydroxyl groups is 2. The van der Waals surface area contributed by atoms with Crippen molar-refractivity contribution >= 4 is 17.9 Å². The van der Waals surface area contributed by atoms with E-state index in [1.807, 2.05) is 0 Å². The molecule has 0 aliphatic rings. The second-order valence-electron chi connectivity index (χ2n) is 3.75. The van der Waals surface area contributed by atoms with E-state index in [9.17, 15) is 14.4 Å². The van der Waals surface area contributed by atoms with Crippen molar-refractivity contribution in [2.45, 2.75) is 19.1 Å². The Bertz CT molecular complexity index is 509. The Balaban J connectivity index is 2.75. The van der Waals surface area contributed by atoms with Crippen molar-refractivity contribution in [1.82, 2.24) is 0 Å². The SMILES string of the molecule is Cc1ccccc1C(=O)OC(=O)C(O)C(O)C(=O)O. The van der Waals surface area contributed by atoms with E-state index in [-0.39, 0.29) is 5.56 Å². The molecule has 0 spiro atoms. The van der Waals surface area contributed by atoms with Gasteiger partial charge in [0.1, 0.15) is 0 Å². The molecule has 7 heteroatoms. The average molecular weight is 268 g/mol. The largest absolute Gasteiger partial charge is 0.479 e. The van der Waals surface area contributed by atoms with Gasteiger partial charge in [-0.3, -0.25) is 0 Å². The standard InChI is InChI=1S/C12H12O7/c1-6-4-2-3-5-7(6)11(17)19-12(18)9(14)8(13)10(15)16/h2-5,8-9,13-14H,1H3,(H,15,16). The quantitative estimate of drug-likeness (QED) is 0.496. The molecule has 19 heavy (non-hydrogen) atoms. The Kier molecular flexibility index (Phi) is 4.74. The molecule has 0 amide bonds. The Labute approximate surface area is 108 Å². The van der Waals surface area contributed by atoms with Gasteiger partial charge in [0.05, 0.1) is 5.56 Å². The lowest BCUT2D eigenvalue weighted by Crippen LogP contribution is -2.41. The first-order valence-electron chi connectivity index (χ1n) is 5.25. The van der Waals surface area contributed by atoms with Gasteiger partial charge < -0.3 is 20.1 Å². The Morgan fingerprint density at radius 2 is 1.68 bits per heavy atom. The molecule has 0 fully saturated rings. The summed E-state index contributed by atoms with van der Waals surface area (Å²) in [5.41, 5.74) is 0.654. The molecule has 102 valence electrons. The first-order valence-corrected chi connectivity index (χ1v) is 5.25. The predicted octanol–water partition coefficient (Wildman–Crippen LogP) is -0.515. The Morgan fingerprint density at radius 3 is 2.21 bits per heavy atom. The molecule has 0 saturated carbocycles. The lowest BCUT2D eigenvalue weighted by molar-refractivity contribution is -0.166. The van der Waals surface area contributed by atoms with Crippen LogP contribution < -0.4 is 0 Å². The zero-order chi connectivity index (χ0) is 14.6. The minimum absolute atomic E-state index is 0.105. The third-order valence-electron chi connectivity index (χ3n) is 2.35. The molecule has 0 bridgehead atoms. The van der Waals surface area contributed by atoms with Gasteiger partial charge in [-0.1, -0.05) is 18.2 Å². The number of aliphatic carboxylic acids is 1. The van der Waals surface area contributed by atoms with Crippen molar-refractivity contribution in [2.24, 2.45) is 0 Å². The molecule has 0 saturated heterocycles. The number of esters is 2. The Morgan fingerprint density at radius 1 is 1.11 bits per heavy atom. The molecule has 2 atom stereocenters. The smallest absolute Gasteiger partial charge is 0.346 e. The average Bonchev–Trinajstić information content (AvgIpc) is 2.37. The van der Waals surface area contributed by atoms with Crippen LogP contribution in [-0.2, 0) is 14.3 Å². The summed E-state index contributed by atoms with van der Waals surface area (Å²) in [5, 5.41) is 26.5. The number of carbonyl (C=O) groups excluding carboxylic acids is 2. The van der Waals surface area contributed by atoms with Crippen molar-refractivity contribution in [2.75, 3.05) is 0 Å². The summed E-state index contributed by atoms with van der Waals surface area (Å²) in [7, 11) is 0. The molecule has 0 heterocycles. The summed E-state index contributed by atoms with van der Waals surface area (Å²) in [4.78, 5) is 33.2. The number of aliphatic hydroxyl groups excluding tert-OH is 2. The Hall–Kier alpha value is -2.25. The number of hydrogen-bond acceptors (Lipinski definition) is 6. The maximum absolute atomic E-state index is 11.6. The third kappa shape index (κ3) is 3.60. The molecule has 2 unspecified atom stereocenters. The van der Waals surface area contributed by atoms with E-state index in [1.54, 1.807) is 25.1 Å². The topological polar surface area (TPSA) is 121 Å². The number of hydrogen-bond donors (Lipinski definition) is 3. The predicted molar refractivity (Wildman–Crippen MR) is 61.3 cm³/mol. The van der Waals surface area contributed by atoms with Gasteiger partial charge in [0.25, 0.3) is 0 Å². The zero-order valence-electron chi connectivity index (χ0n) is 9.94. The van der Waals surface area contributed by atoms with E-state index in [4.69, 9.17) is 15.3 Å². The molecule has 1 aromatic carbocycles. The van der Waals surface area contributed by atoms with E-state index < -0.39 is 30.1 Å². The van der Waals surface area contributed by atoms with E-state index in [2.05, 4.69) is 4.74 Å². The molecule has 0 aliphatic carbocycles. The second-order valence-corrected chi connectivity index (χ2v) is 3.75. The molecule has 1 rings (SSSR count). The first kappa shape index (κ1) is 14.8. The van der Waals surface area contributed by atoms with Crippen LogP contribution in [0.1, 0.15) is 15.9 Å². The number of aryl methyl sites for hydroxylation is 1. The van der Waals surface area contributed by atoms with Gasteiger partial charge in [0.15, 0.2) is 12.2 Å². The highest BCUT2D eigenvalue weighted by Crippen LogP contribution is 2.09. The maximum atomic E-state index is 11.6. The summed E-state index contributed by atoms with van der Waals surface area (Å²) in [6.45, 7) is 1.61. The first-order chi connectivity index (χ1) is 8.84. The monoisotopic (exact) mass is 268 g/mol. The minimum atomic E-state index is -2.35. The summed E-state index contributed by atoms with van der Waals surface area (Å²) >= 11 is 0. The fraction of sp³-hybridized carbons (Fsp3) is 0.250. The number of benzene rings is 1. The lowest BCUT2D eigenvalue weighted by atomic mass is 10.1. The molecule has 7 nitrogen and oxygen atoms in total. The fourth-order valence-corrected chi connectivity index (χ4v) is 1.27. The van der Waals surface area contributed by atoms with Crippen molar-refractivity contribution in [1.29, 1.82) is 0 Å². The summed E-state index contributed by atoms with van der Waals surface area (Å²) < 4.78 is 4.30. The summed E-state index contributed by atoms with van der Waals surface area (Å²) in [5.74, 6) is -4.35. The van der Waals surface area contributed by atoms with E-state index in [1.165, 1.54) is 6.07 Å². The van der Waals surface area contributed by atoms with Crippen LogP contribution in [-0.4, -0.2) is 45.4 Å². The molecule has 3 N–H and O–H groups in total.